The van der Waals surface area contributed by atoms with Crippen LogP contribution >= 0.6 is 0 Å². The molecule has 0 aromatic rings. The first-order valence-corrected chi connectivity index (χ1v) is 4.64. The van der Waals surface area contributed by atoms with Gasteiger partial charge in [0.1, 0.15) is 5.76 Å². The maximum atomic E-state index is 11.3. The largest absolute Gasteiger partial charge is 0.427 e. The zero-order valence-electron chi connectivity index (χ0n) is 8.51. The number of hydrogen-bond donors (Lipinski definition) is 0. The third kappa shape index (κ3) is 5.23. The molecule has 0 aromatic carbocycles. The molecule has 13 heavy (non-hydrogen) atoms. The van der Waals surface area contributed by atoms with E-state index >= 15 is 0 Å². The van der Waals surface area contributed by atoms with Crippen molar-refractivity contribution < 1.29 is 9.53 Å². The third-order valence-corrected chi connectivity index (χ3v) is 1.85. The van der Waals surface area contributed by atoms with Crippen molar-refractivity contribution >= 4 is 5.97 Å². The SMILES string of the molecule is C=CC(=C)OC(=O)[C@@H](C)CCCC. The predicted octanol–water partition coefficient (Wildman–Crippen LogP) is 3.06. The molecule has 0 N–H and O–H groups in total. The van der Waals surface area contributed by atoms with E-state index in [1.54, 1.807) is 0 Å². The van der Waals surface area contributed by atoms with Crippen molar-refractivity contribution in [2.75, 3.05) is 0 Å². The van der Waals surface area contributed by atoms with Gasteiger partial charge in [-0.15, -0.1) is 0 Å². The van der Waals surface area contributed by atoms with Crippen LogP contribution in [0, 0.1) is 5.92 Å². The molecule has 0 rings (SSSR count). The molecule has 0 aliphatic heterocycles. The lowest BCUT2D eigenvalue weighted by Crippen LogP contribution is -2.13. The van der Waals surface area contributed by atoms with Crippen LogP contribution < -0.4 is 0 Å². The Balaban J connectivity index is 3.81. The fourth-order valence-corrected chi connectivity index (χ4v) is 0.900. The van der Waals surface area contributed by atoms with Gasteiger partial charge in [0.2, 0.25) is 0 Å². The predicted molar refractivity (Wildman–Crippen MR) is 54.1 cm³/mol. The molecular formula is C11H18O2. The zero-order chi connectivity index (χ0) is 10.3. The number of hydrogen-bond acceptors (Lipinski definition) is 2. The van der Waals surface area contributed by atoms with Crippen LogP contribution in [-0.2, 0) is 9.53 Å². The summed E-state index contributed by atoms with van der Waals surface area (Å²) < 4.78 is 4.91. The molecule has 0 aliphatic carbocycles. The molecule has 0 spiro atoms. The summed E-state index contributed by atoms with van der Waals surface area (Å²) in [4.78, 5) is 11.3. The second kappa shape index (κ2) is 6.46. The Kier molecular flexibility index (Phi) is 5.94. The minimum Gasteiger partial charge on any atom is -0.427 e. The molecule has 0 aliphatic rings. The normalized spacial score (nSPS) is 11.8. The highest BCUT2D eigenvalue weighted by molar-refractivity contribution is 5.73. The van der Waals surface area contributed by atoms with E-state index < -0.39 is 0 Å². The number of allylic oxidation sites excluding steroid dienone is 1. The van der Waals surface area contributed by atoms with Crippen molar-refractivity contribution in [2.45, 2.75) is 33.1 Å². The van der Waals surface area contributed by atoms with Gasteiger partial charge in [0.15, 0.2) is 0 Å². The molecule has 0 unspecified atom stereocenters. The highest BCUT2D eigenvalue weighted by Gasteiger charge is 2.13. The van der Waals surface area contributed by atoms with Gasteiger partial charge in [0.05, 0.1) is 5.92 Å². The minimum atomic E-state index is -0.210. The van der Waals surface area contributed by atoms with Gasteiger partial charge in [-0.05, 0) is 12.5 Å². The lowest BCUT2D eigenvalue weighted by Gasteiger charge is -2.09. The second-order valence-corrected chi connectivity index (χ2v) is 3.13. The van der Waals surface area contributed by atoms with E-state index in [2.05, 4.69) is 20.1 Å². The summed E-state index contributed by atoms with van der Waals surface area (Å²) in [5.41, 5.74) is 0. The van der Waals surface area contributed by atoms with Gasteiger partial charge < -0.3 is 4.74 Å². The van der Waals surface area contributed by atoms with Crippen LogP contribution in [0.15, 0.2) is 25.0 Å². The zero-order valence-corrected chi connectivity index (χ0v) is 8.51. The number of carbonyl (C=O) groups excluding carboxylic acids is 1. The second-order valence-electron chi connectivity index (χ2n) is 3.13. The first-order chi connectivity index (χ1) is 6.11. The lowest BCUT2D eigenvalue weighted by molar-refractivity contribution is -0.143. The highest BCUT2D eigenvalue weighted by atomic mass is 16.5. The molecular weight excluding hydrogens is 164 g/mol. The first-order valence-electron chi connectivity index (χ1n) is 4.64. The van der Waals surface area contributed by atoms with E-state index in [1.807, 2.05) is 6.92 Å². The van der Waals surface area contributed by atoms with Gasteiger partial charge in [0, 0.05) is 0 Å². The van der Waals surface area contributed by atoms with Gasteiger partial charge in [0.25, 0.3) is 0 Å². The van der Waals surface area contributed by atoms with Crippen LogP contribution in [-0.4, -0.2) is 5.97 Å². The van der Waals surface area contributed by atoms with Gasteiger partial charge in [-0.3, -0.25) is 4.79 Å². The summed E-state index contributed by atoms with van der Waals surface area (Å²) in [6.45, 7) is 10.9. The summed E-state index contributed by atoms with van der Waals surface area (Å²) in [6.07, 6.45) is 4.46. The fourth-order valence-electron chi connectivity index (χ4n) is 0.900. The number of rotatable bonds is 6. The van der Waals surface area contributed by atoms with E-state index in [0.717, 1.165) is 19.3 Å². The number of esters is 1. The molecule has 0 saturated heterocycles. The molecule has 2 heteroatoms. The molecule has 0 heterocycles. The fraction of sp³-hybridized carbons (Fsp3) is 0.545. The summed E-state index contributed by atoms with van der Waals surface area (Å²) >= 11 is 0. The standard InChI is InChI=1S/C11H18O2/c1-5-7-8-9(3)11(12)13-10(4)6-2/h6,9H,2,4-5,7-8H2,1,3H3/t9-/m0/s1. The van der Waals surface area contributed by atoms with Gasteiger partial charge in [-0.25, -0.2) is 0 Å². The van der Waals surface area contributed by atoms with Gasteiger partial charge in [-0.1, -0.05) is 39.8 Å². The Morgan fingerprint density at radius 3 is 2.69 bits per heavy atom. The topological polar surface area (TPSA) is 26.3 Å². The maximum Gasteiger partial charge on any atom is 0.314 e. The quantitative estimate of drug-likeness (QED) is 0.358. The molecule has 1 atom stereocenters. The van der Waals surface area contributed by atoms with E-state index in [-0.39, 0.29) is 11.9 Å². The highest BCUT2D eigenvalue weighted by Crippen LogP contribution is 2.11. The van der Waals surface area contributed by atoms with Gasteiger partial charge in [-0.2, -0.15) is 0 Å². The maximum absolute atomic E-state index is 11.3. The third-order valence-electron chi connectivity index (χ3n) is 1.85. The summed E-state index contributed by atoms with van der Waals surface area (Å²) in [5, 5.41) is 0. The summed E-state index contributed by atoms with van der Waals surface area (Å²) in [6, 6.07) is 0. The molecule has 0 amide bonds. The Bertz CT molecular complexity index is 194. The Morgan fingerprint density at radius 1 is 1.62 bits per heavy atom. The molecule has 0 radical (unpaired) electrons. The minimum absolute atomic E-state index is 0.0448. The van der Waals surface area contributed by atoms with Crippen LogP contribution in [0.5, 0.6) is 0 Å². The molecule has 0 fully saturated rings. The van der Waals surface area contributed by atoms with Crippen molar-refractivity contribution in [1.29, 1.82) is 0 Å². The molecule has 2 nitrogen and oxygen atoms in total. The number of ether oxygens (including phenoxy) is 1. The van der Waals surface area contributed by atoms with E-state index in [1.165, 1.54) is 6.08 Å². The van der Waals surface area contributed by atoms with Crippen molar-refractivity contribution in [3.05, 3.63) is 25.0 Å². The molecule has 74 valence electrons. The van der Waals surface area contributed by atoms with Crippen LogP contribution in [0.25, 0.3) is 0 Å². The Labute approximate surface area is 80.3 Å². The number of unbranched alkanes of at least 4 members (excludes halogenated alkanes) is 1. The summed E-state index contributed by atoms with van der Waals surface area (Å²) in [7, 11) is 0. The van der Waals surface area contributed by atoms with E-state index in [4.69, 9.17) is 4.74 Å². The van der Waals surface area contributed by atoms with Crippen molar-refractivity contribution in [3.8, 4) is 0 Å². The van der Waals surface area contributed by atoms with Crippen LogP contribution in [0.2, 0.25) is 0 Å². The van der Waals surface area contributed by atoms with Crippen LogP contribution in [0.4, 0.5) is 0 Å². The molecule has 0 saturated carbocycles. The number of carbonyl (C=O) groups is 1. The average molecular weight is 182 g/mol. The van der Waals surface area contributed by atoms with Crippen molar-refractivity contribution in [2.24, 2.45) is 5.92 Å². The first kappa shape index (κ1) is 11.9. The van der Waals surface area contributed by atoms with Gasteiger partial charge >= 0.3 is 5.97 Å². The summed E-state index contributed by atoms with van der Waals surface area (Å²) in [5.74, 6) is 0.0725. The van der Waals surface area contributed by atoms with Crippen LogP contribution in [0.1, 0.15) is 33.1 Å². The van der Waals surface area contributed by atoms with Crippen molar-refractivity contribution in [1.82, 2.24) is 0 Å². The van der Waals surface area contributed by atoms with E-state index in [9.17, 15) is 4.79 Å². The molecule has 0 aromatic heterocycles. The van der Waals surface area contributed by atoms with Crippen LogP contribution in [0.3, 0.4) is 0 Å². The average Bonchev–Trinajstić information content (AvgIpc) is 2.13. The Hall–Kier alpha value is -1.05. The lowest BCUT2D eigenvalue weighted by atomic mass is 10.1. The van der Waals surface area contributed by atoms with E-state index in [0.29, 0.717) is 5.76 Å². The Morgan fingerprint density at radius 2 is 2.23 bits per heavy atom. The monoisotopic (exact) mass is 182 g/mol. The molecule has 0 bridgehead atoms. The smallest absolute Gasteiger partial charge is 0.314 e. The van der Waals surface area contributed by atoms with Crippen molar-refractivity contribution in [3.63, 3.8) is 0 Å².